The number of amides is 2. The number of aromatic nitrogens is 1. The molecule has 1 aromatic heterocycles. The Morgan fingerprint density at radius 2 is 1.48 bits per heavy atom. The minimum Gasteiger partial charge on any atom is -0.318 e. The number of hydrogen-bond acceptors (Lipinski definition) is 2. The van der Waals surface area contributed by atoms with Crippen LogP contribution in [0.2, 0.25) is 0 Å². The zero-order valence-electron chi connectivity index (χ0n) is 13.9. The highest BCUT2D eigenvalue weighted by Crippen LogP contribution is 2.25. The predicted molar refractivity (Wildman–Crippen MR) is 99.3 cm³/mol. The first kappa shape index (κ1) is 15.4. The maximum atomic E-state index is 12.7. The molecule has 1 aliphatic heterocycles. The molecule has 0 saturated carbocycles. The monoisotopic (exact) mass is 329 g/mol. The lowest BCUT2D eigenvalue weighted by atomic mass is 10.1. The normalized spacial score (nSPS) is 14.2. The molecule has 0 spiro atoms. The van der Waals surface area contributed by atoms with Crippen LogP contribution < -0.4 is 4.90 Å². The van der Waals surface area contributed by atoms with Crippen LogP contribution in [0, 0.1) is 0 Å². The van der Waals surface area contributed by atoms with Crippen molar-refractivity contribution in [2.45, 2.75) is 6.54 Å². The third-order valence-electron chi connectivity index (χ3n) is 4.50. The molecule has 4 heteroatoms. The second-order valence-corrected chi connectivity index (χ2v) is 6.12. The molecule has 1 saturated heterocycles. The summed E-state index contributed by atoms with van der Waals surface area (Å²) in [5, 5.41) is 0. The molecule has 25 heavy (non-hydrogen) atoms. The van der Waals surface area contributed by atoms with Crippen LogP contribution in [0.4, 0.5) is 10.5 Å². The molecule has 0 N–H and O–H groups in total. The van der Waals surface area contributed by atoms with Gasteiger partial charge in [0.25, 0.3) is 0 Å². The van der Waals surface area contributed by atoms with E-state index in [9.17, 15) is 4.79 Å². The van der Waals surface area contributed by atoms with Gasteiger partial charge in [-0.15, -0.1) is 0 Å². The van der Waals surface area contributed by atoms with E-state index >= 15 is 0 Å². The van der Waals surface area contributed by atoms with E-state index in [1.807, 2.05) is 52.3 Å². The Bertz CT molecular complexity index is 847. The standard InChI is InChI=1S/C21H19N3O/c25-21-23(16-17-4-2-1-3-5-17)14-15-24(21)20-8-6-18(7-9-20)19-10-12-22-13-11-19/h1-13H,14-16H2. The van der Waals surface area contributed by atoms with Gasteiger partial charge in [0.05, 0.1) is 0 Å². The highest BCUT2D eigenvalue weighted by atomic mass is 16.2. The van der Waals surface area contributed by atoms with Gasteiger partial charge in [-0.3, -0.25) is 9.88 Å². The van der Waals surface area contributed by atoms with E-state index in [-0.39, 0.29) is 6.03 Å². The van der Waals surface area contributed by atoms with E-state index in [0.717, 1.165) is 35.5 Å². The van der Waals surface area contributed by atoms with E-state index in [1.54, 1.807) is 12.4 Å². The molecule has 4 rings (SSSR count). The number of carbonyl (C=O) groups excluding carboxylic acids is 1. The third-order valence-corrected chi connectivity index (χ3v) is 4.50. The van der Waals surface area contributed by atoms with Crippen molar-refractivity contribution in [3.8, 4) is 11.1 Å². The Kier molecular flexibility index (Phi) is 4.17. The smallest absolute Gasteiger partial charge is 0.318 e. The van der Waals surface area contributed by atoms with E-state index in [0.29, 0.717) is 6.54 Å². The van der Waals surface area contributed by atoms with Crippen molar-refractivity contribution in [1.82, 2.24) is 9.88 Å². The van der Waals surface area contributed by atoms with Gasteiger partial charge in [-0.1, -0.05) is 42.5 Å². The van der Waals surface area contributed by atoms with Crippen molar-refractivity contribution in [2.75, 3.05) is 18.0 Å². The fourth-order valence-corrected chi connectivity index (χ4v) is 3.15. The van der Waals surface area contributed by atoms with E-state index in [4.69, 9.17) is 0 Å². The maximum absolute atomic E-state index is 12.7. The molecule has 0 atom stereocenters. The molecule has 2 heterocycles. The van der Waals surface area contributed by atoms with Gasteiger partial charge in [0, 0.05) is 37.7 Å². The molecule has 0 unspecified atom stereocenters. The molecule has 0 bridgehead atoms. The van der Waals surface area contributed by atoms with E-state index in [2.05, 4.69) is 29.2 Å². The summed E-state index contributed by atoms with van der Waals surface area (Å²) >= 11 is 0. The molecule has 2 aromatic carbocycles. The van der Waals surface area contributed by atoms with Crippen molar-refractivity contribution in [1.29, 1.82) is 0 Å². The highest BCUT2D eigenvalue weighted by molar-refractivity contribution is 5.94. The fourth-order valence-electron chi connectivity index (χ4n) is 3.15. The quantitative estimate of drug-likeness (QED) is 0.719. The van der Waals surface area contributed by atoms with Crippen molar-refractivity contribution in [3.63, 3.8) is 0 Å². The summed E-state index contributed by atoms with van der Waals surface area (Å²) in [6, 6.07) is 22.3. The van der Waals surface area contributed by atoms with Crippen LogP contribution in [0.3, 0.4) is 0 Å². The number of nitrogens with zero attached hydrogens (tertiary/aromatic N) is 3. The van der Waals surface area contributed by atoms with Crippen LogP contribution in [0.5, 0.6) is 0 Å². The Morgan fingerprint density at radius 3 is 2.20 bits per heavy atom. The van der Waals surface area contributed by atoms with Crippen LogP contribution in [0.1, 0.15) is 5.56 Å². The van der Waals surface area contributed by atoms with Crippen molar-refractivity contribution in [3.05, 3.63) is 84.7 Å². The zero-order valence-corrected chi connectivity index (χ0v) is 13.9. The number of urea groups is 1. The molecule has 4 nitrogen and oxygen atoms in total. The summed E-state index contributed by atoms with van der Waals surface area (Å²) in [6.07, 6.45) is 3.57. The minimum atomic E-state index is 0.0699. The summed E-state index contributed by atoms with van der Waals surface area (Å²) in [5.74, 6) is 0. The van der Waals surface area contributed by atoms with Crippen molar-refractivity contribution >= 4 is 11.7 Å². The first-order valence-electron chi connectivity index (χ1n) is 8.42. The third kappa shape index (κ3) is 3.24. The molecule has 124 valence electrons. The van der Waals surface area contributed by atoms with Crippen molar-refractivity contribution < 1.29 is 4.79 Å². The number of hydrogen-bond donors (Lipinski definition) is 0. The second kappa shape index (κ2) is 6.77. The molecular formula is C21H19N3O. The molecular weight excluding hydrogens is 310 g/mol. The number of rotatable bonds is 4. The lowest BCUT2D eigenvalue weighted by Gasteiger charge is -2.19. The Hall–Kier alpha value is -3.14. The van der Waals surface area contributed by atoms with Crippen LogP contribution in [0.25, 0.3) is 11.1 Å². The van der Waals surface area contributed by atoms with Gasteiger partial charge in [0.15, 0.2) is 0 Å². The van der Waals surface area contributed by atoms with E-state index in [1.165, 1.54) is 0 Å². The molecule has 1 fully saturated rings. The van der Waals surface area contributed by atoms with Gasteiger partial charge in [0.2, 0.25) is 0 Å². The largest absolute Gasteiger partial charge is 0.324 e. The molecule has 2 amide bonds. The Balaban J connectivity index is 1.48. The number of carbonyl (C=O) groups is 1. The Labute approximate surface area is 147 Å². The summed E-state index contributed by atoms with van der Waals surface area (Å²) in [6.45, 7) is 2.13. The van der Waals surface area contributed by atoms with Crippen LogP contribution in [0.15, 0.2) is 79.1 Å². The molecule has 1 aliphatic rings. The minimum absolute atomic E-state index is 0.0699. The van der Waals surface area contributed by atoms with Crippen molar-refractivity contribution in [2.24, 2.45) is 0 Å². The zero-order chi connectivity index (χ0) is 17.1. The summed E-state index contributed by atoms with van der Waals surface area (Å²) in [5.41, 5.74) is 4.35. The topological polar surface area (TPSA) is 36.4 Å². The lowest BCUT2D eigenvalue weighted by molar-refractivity contribution is 0.219. The van der Waals surface area contributed by atoms with Gasteiger partial charge in [0.1, 0.15) is 0 Å². The Morgan fingerprint density at radius 1 is 0.800 bits per heavy atom. The van der Waals surface area contributed by atoms with Crippen LogP contribution in [-0.4, -0.2) is 29.0 Å². The summed E-state index contributed by atoms with van der Waals surface area (Å²) < 4.78 is 0. The molecule has 0 radical (unpaired) electrons. The summed E-state index contributed by atoms with van der Waals surface area (Å²) in [4.78, 5) is 20.5. The van der Waals surface area contributed by atoms with Crippen LogP contribution >= 0.6 is 0 Å². The first-order valence-corrected chi connectivity index (χ1v) is 8.42. The van der Waals surface area contributed by atoms with Gasteiger partial charge in [-0.05, 0) is 41.0 Å². The average Bonchev–Trinajstić information content (AvgIpc) is 3.04. The van der Waals surface area contributed by atoms with Gasteiger partial charge in [-0.2, -0.15) is 0 Å². The average molecular weight is 329 g/mol. The number of benzene rings is 2. The molecule has 0 aliphatic carbocycles. The van der Waals surface area contributed by atoms with Gasteiger partial charge in [-0.25, -0.2) is 4.79 Å². The number of anilines is 1. The SMILES string of the molecule is O=C1N(Cc2ccccc2)CCN1c1ccc(-c2ccncc2)cc1. The maximum Gasteiger partial charge on any atom is 0.324 e. The highest BCUT2D eigenvalue weighted by Gasteiger charge is 2.29. The van der Waals surface area contributed by atoms with E-state index < -0.39 is 0 Å². The number of pyridine rings is 1. The van der Waals surface area contributed by atoms with Gasteiger partial charge < -0.3 is 4.90 Å². The molecule has 3 aromatic rings. The first-order chi connectivity index (χ1) is 12.3. The predicted octanol–water partition coefficient (Wildman–Crippen LogP) is 4.19. The lowest BCUT2D eigenvalue weighted by Crippen LogP contribution is -2.31. The van der Waals surface area contributed by atoms with Crippen LogP contribution in [-0.2, 0) is 6.54 Å². The second-order valence-electron chi connectivity index (χ2n) is 6.12. The fraction of sp³-hybridized carbons (Fsp3) is 0.143. The summed E-state index contributed by atoms with van der Waals surface area (Å²) in [7, 11) is 0. The van der Waals surface area contributed by atoms with Gasteiger partial charge >= 0.3 is 6.03 Å².